The molecule has 1 aliphatic rings. The summed E-state index contributed by atoms with van der Waals surface area (Å²) in [5, 5.41) is 11.1. The van der Waals surface area contributed by atoms with E-state index in [4.69, 9.17) is 9.47 Å². The highest BCUT2D eigenvalue weighted by atomic mass is 16.6. The van der Waals surface area contributed by atoms with Crippen molar-refractivity contribution in [3.63, 3.8) is 0 Å². The first-order valence-electron chi connectivity index (χ1n) is 8.25. The summed E-state index contributed by atoms with van der Waals surface area (Å²) >= 11 is 0. The summed E-state index contributed by atoms with van der Waals surface area (Å²) in [4.78, 5) is 40.2. The zero-order valence-corrected chi connectivity index (χ0v) is 14.7. The molecule has 1 aliphatic heterocycles. The molecule has 27 heavy (non-hydrogen) atoms. The number of rotatable bonds is 5. The van der Waals surface area contributed by atoms with Crippen LogP contribution in [0.2, 0.25) is 0 Å². The molecule has 0 spiro atoms. The summed E-state index contributed by atoms with van der Waals surface area (Å²) in [6, 6.07) is 9.29. The molecule has 0 saturated heterocycles. The van der Waals surface area contributed by atoms with Crippen LogP contribution in [0.15, 0.2) is 36.4 Å². The van der Waals surface area contributed by atoms with Gasteiger partial charge in [-0.2, -0.15) is 0 Å². The third kappa shape index (κ3) is 3.57. The van der Waals surface area contributed by atoms with Gasteiger partial charge in [-0.05, 0) is 40.1 Å². The summed E-state index contributed by atoms with van der Waals surface area (Å²) in [6.45, 7) is 1.90. The molecule has 1 aromatic heterocycles. The van der Waals surface area contributed by atoms with Crippen molar-refractivity contribution in [2.75, 3.05) is 12.0 Å². The van der Waals surface area contributed by atoms with E-state index in [0.717, 1.165) is 0 Å². The summed E-state index contributed by atoms with van der Waals surface area (Å²) in [5.41, 5.74) is 0.997. The third-order valence-electron chi connectivity index (χ3n) is 4.14. The van der Waals surface area contributed by atoms with Crippen LogP contribution in [-0.2, 0) is 16.1 Å². The van der Waals surface area contributed by atoms with Crippen molar-refractivity contribution in [3.8, 4) is 5.75 Å². The number of carbonyl (C=O) groups is 2. The zero-order chi connectivity index (χ0) is 19.6. The van der Waals surface area contributed by atoms with Crippen molar-refractivity contribution in [1.29, 1.82) is 0 Å². The number of carbonyl (C=O) groups excluding carboxylic acids is 2. The first kappa shape index (κ1) is 18.3. The summed E-state index contributed by atoms with van der Waals surface area (Å²) in [7, 11) is 1.28. The number of hydrogen-bond acceptors (Lipinski definition) is 7. The SMILES string of the molecule is CCC1Oc2ccc([N+](=O)[O-])nc2N(Cc2cccc(C(=O)OC)c2)C1=O. The maximum Gasteiger partial charge on any atom is 0.366 e. The number of methoxy groups -OCH3 is 1. The molecule has 2 heterocycles. The lowest BCUT2D eigenvalue weighted by atomic mass is 10.1. The van der Waals surface area contributed by atoms with E-state index in [9.17, 15) is 19.7 Å². The Balaban J connectivity index is 2.01. The molecule has 0 N–H and O–H groups in total. The van der Waals surface area contributed by atoms with E-state index < -0.39 is 17.0 Å². The van der Waals surface area contributed by atoms with Crippen LogP contribution < -0.4 is 9.64 Å². The Morgan fingerprint density at radius 2 is 2.15 bits per heavy atom. The van der Waals surface area contributed by atoms with E-state index in [-0.39, 0.29) is 24.1 Å². The monoisotopic (exact) mass is 371 g/mol. The van der Waals surface area contributed by atoms with Crippen molar-refractivity contribution < 1.29 is 24.0 Å². The van der Waals surface area contributed by atoms with Crippen LogP contribution in [0.3, 0.4) is 0 Å². The Morgan fingerprint density at radius 3 is 2.81 bits per heavy atom. The summed E-state index contributed by atoms with van der Waals surface area (Å²) < 4.78 is 10.3. The minimum atomic E-state index is -0.704. The predicted octanol–water partition coefficient (Wildman–Crippen LogP) is 2.48. The molecule has 1 unspecified atom stereocenters. The normalized spacial score (nSPS) is 15.7. The number of fused-ring (bicyclic) bond motifs is 1. The smallest absolute Gasteiger partial charge is 0.366 e. The fourth-order valence-corrected chi connectivity index (χ4v) is 2.80. The maximum absolute atomic E-state index is 12.8. The van der Waals surface area contributed by atoms with E-state index in [0.29, 0.717) is 23.3 Å². The quantitative estimate of drug-likeness (QED) is 0.451. The number of amides is 1. The van der Waals surface area contributed by atoms with Crippen molar-refractivity contribution in [2.45, 2.75) is 26.0 Å². The topological polar surface area (TPSA) is 112 Å². The first-order valence-corrected chi connectivity index (χ1v) is 8.25. The lowest BCUT2D eigenvalue weighted by Gasteiger charge is -2.30. The minimum Gasteiger partial charge on any atom is -0.474 e. The fraction of sp³-hybridized carbons (Fsp3) is 0.278. The molecule has 9 nitrogen and oxygen atoms in total. The second kappa shape index (κ2) is 7.40. The standard InChI is InChI=1S/C18H17N3O6/c1-3-13-17(22)20(10-11-5-4-6-12(9-11)18(23)26-2)16-14(27-13)7-8-15(19-16)21(24)25/h4-9,13H,3,10H2,1-2H3. The number of pyridine rings is 1. The van der Waals surface area contributed by atoms with Gasteiger partial charge in [0.05, 0.1) is 19.2 Å². The van der Waals surface area contributed by atoms with Crippen LogP contribution in [0.5, 0.6) is 5.75 Å². The van der Waals surface area contributed by atoms with Gasteiger partial charge in [-0.3, -0.25) is 9.69 Å². The van der Waals surface area contributed by atoms with E-state index in [2.05, 4.69) is 4.98 Å². The number of benzene rings is 1. The minimum absolute atomic E-state index is 0.0855. The summed E-state index contributed by atoms with van der Waals surface area (Å²) in [6.07, 6.45) is -0.266. The largest absolute Gasteiger partial charge is 0.474 e. The second-order valence-corrected chi connectivity index (χ2v) is 5.88. The van der Waals surface area contributed by atoms with Gasteiger partial charge in [0.15, 0.2) is 11.9 Å². The Bertz CT molecular complexity index is 914. The van der Waals surface area contributed by atoms with Gasteiger partial charge in [0.25, 0.3) is 11.7 Å². The Kier molecular flexibility index (Phi) is 5.02. The third-order valence-corrected chi connectivity index (χ3v) is 4.14. The number of ether oxygens (including phenoxy) is 2. The lowest BCUT2D eigenvalue weighted by molar-refractivity contribution is -0.389. The summed E-state index contributed by atoms with van der Waals surface area (Å²) in [5.74, 6) is -0.834. The van der Waals surface area contributed by atoms with Gasteiger partial charge >= 0.3 is 11.8 Å². The van der Waals surface area contributed by atoms with Crippen molar-refractivity contribution in [2.24, 2.45) is 0 Å². The van der Waals surface area contributed by atoms with Crippen LogP contribution in [0.1, 0.15) is 29.3 Å². The van der Waals surface area contributed by atoms with E-state index in [1.54, 1.807) is 24.3 Å². The second-order valence-electron chi connectivity index (χ2n) is 5.88. The molecule has 140 valence electrons. The average Bonchev–Trinajstić information content (AvgIpc) is 2.69. The van der Waals surface area contributed by atoms with Crippen molar-refractivity contribution >= 4 is 23.5 Å². The molecule has 1 amide bonds. The van der Waals surface area contributed by atoms with E-state index >= 15 is 0 Å². The average molecular weight is 371 g/mol. The number of anilines is 1. The molecule has 0 fully saturated rings. The Morgan fingerprint density at radius 1 is 1.37 bits per heavy atom. The molecular weight excluding hydrogens is 354 g/mol. The molecule has 0 bridgehead atoms. The molecule has 9 heteroatoms. The number of nitro groups is 1. The molecule has 1 aromatic carbocycles. The molecule has 1 atom stereocenters. The van der Waals surface area contributed by atoms with Gasteiger partial charge in [0.2, 0.25) is 0 Å². The van der Waals surface area contributed by atoms with Gasteiger partial charge in [-0.15, -0.1) is 0 Å². The zero-order valence-electron chi connectivity index (χ0n) is 14.7. The number of nitrogens with zero attached hydrogens (tertiary/aromatic N) is 3. The molecule has 0 aliphatic carbocycles. The van der Waals surface area contributed by atoms with Gasteiger partial charge in [-0.1, -0.05) is 19.1 Å². The molecular formula is C18H17N3O6. The maximum atomic E-state index is 12.8. The van der Waals surface area contributed by atoms with Gasteiger partial charge < -0.3 is 19.6 Å². The highest BCUT2D eigenvalue weighted by molar-refractivity contribution is 5.99. The highest BCUT2D eigenvalue weighted by Gasteiger charge is 2.38. The number of hydrogen-bond donors (Lipinski definition) is 0. The van der Waals surface area contributed by atoms with Crippen LogP contribution in [0.4, 0.5) is 11.6 Å². The molecule has 2 aromatic rings. The lowest BCUT2D eigenvalue weighted by Crippen LogP contribution is -2.45. The first-order chi connectivity index (χ1) is 12.9. The van der Waals surface area contributed by atoms with Crippen LogP contribution in [-0.4, -0.2) is 35.0 Å². The van der Waals surface area contributed by atoms with E-state index in [1.165, 1.54) is 24.1 Å². The van der Waals surface area contributed by atoms with Gasteiger partial charge in [0, 0.05) is 6.07 Å². The molecule has 0 saturated carbocycles. The predicted molar refractivity (Wildman–Crippen MR) is 94.6 cm³/mol. The fourth-order valence-electron chi connectivity index (χ4n) is 2.80. The van der Waals surface area contributed by atoms with Crippen LogP contribution in [0.25, 0.3) is 0 Å². The van der Waals surface area contributed by atoms with Crippen LogP contribution in [0, 0.1) is 10.1 Å². The molecule has 0 radical (unpaired) electrons. The molecule has 3 rings (SSSR count). The number of esters is 1. The Hall–Kier alpha value is -3.49. The van der Waals surface area contributed by atoms with E-state index in [1.807, 2.05) is 6.92 Å². The highest BCUT2D eigenvalue weighted by Crippen LogP contribution is 2.35. The van der Waals surface area contributed by atoms with Crippen molar-refractivity contribution in [3.05, 3.63) is 57.6 Å². The van der Waals surface area contributed by atoms with Crippen LogP contribution >= 0.6 is 0 Å². The van der Waals surface area contributed by atoms with Gasteiger partial charge in [-0.25, -0.2) is 4.79 Å². The Labute approximate surface area is 154 Å². The van der Waals surface area contributed by atoms with Crippen molar-refractivity contribution in [1.82, 2.24) is 4.98 Å². The number of aromatic nitrogens is 1. The van der Waals surface area contributed by atoms with Gasteiger partial charge in [0.1, 0.15) is 0 Å².